The van der Waals surface area contributed by atoms with E-state index in [1.807, 2.05) is 0 Å². The van der Waals surface area contributed by atoms with Crippen LogP contribution in [0.25, 0.3) is 0 Å². The van der Waals surface area contributed by atoms with Crippen LogP contribution in [0.4, 0.5) is 5.00 Å². The Hall–Kier alpha value is -2.38. The second-order valence-corrected chi connectivity index (χ2v) is 6.65. The number of anilines is 1. The molecule has 0 saturated carbocycles. The fourth-order valence-electron chi connectivity index (χ4n) is 2.24. The summed E-state index contributed by atoms with van der Waals surface area (Å²) in [5, 5.41) is 3.50. The highest BCUT2D eigenvalue weighted by Crippen LogP contribution is 2.33. The Bertz CT molecular complexity index is 815. The summed E-state index contributed by atoms with van der Waals surface area (Å²) in [6.45, 7) is 3.45. The van der Waals surface area contributed by atoms with E-state index in [-0.39, 0.29) is 34.4 Å². The summed E-state index contributed by atoms with van der Waals surface area (Å²) in [6, 6.07) is 6.86. The molecule has 0 aliphatic carbocycles. The number of benzene rings is 1. The molecule has 1 aromatic heterocycles. The lowest BCUT2D eigenvalue weighted by atomic mass is 10.1. The van der Waals surface area contributed by atoms with Crippen molar-refractivity contribution in [3.63, 3.8) is 0 Å². The monoisotopic (exact) mass is 380 g/mol. The molecule has 0 aliphatic heterocycles. The van der Waals surface area contributed by atoms with Gasteiger partial charge in [-0.3, -0.25) is 9.59 Å². The Kier molecular flexibility index (Phi) is 6.17. The SMILES string of the molecule is CCOC(=O)c1c(NC(=O)Cc2ccc(Cl)cc2)sc(C(N)=O)c1C. The van der Waals surface area contributed by atoms with Crippen LogP contribution in [0.2, 0.25) is 5.02 Å². The van der Waals surface area contributed by atoms with Crippen molar-refractivity contribution in [1.82, 2.24) is 0 Å². The minimum atomic E-state index is -0.661. The molecular formula is C17H17ClN2O4S. The van der Waals surface area contributed by atoms with Crippen LogP contribution in [0.3, 0.4) is 0 Å². The van der Waals surface area contributed by atoms with Crippen molar-refractivity contribution < 1.29 is 19.1 Å². The molecule has 1 aromatic carbocycles. The molecule has 0 unspecified atom stereocenters. The van der Waals surface area contributed by atoms with Gasteiger partial charge >= 0.3 is 5.97 Å². The van der Waals surface area contributed by atoms with Gasteiger partial charge in [0.05, 0.1) is 23.5 Å². The lowest BCUT2D eigenvalue weighted by Crippen LogP contribution is -2.16. The van der Waals surface area contributed by atoms with Gasteiger partial charge in [-0.1, -0.05) is 23.7 Å². The van der Waals surface area contributed by atoms with Crippen molar-refractivity contribution in [1.29, 1.82) is 0 Å². The van der Waals surface area contributed by atoms with E-state index in [2.05, 4.69) is 5.32 Å². The second kappa shape index (κ2) is 8.13. The molecule has 0 radical (unpaired) electrons. The van der Waals surface area contributed by atoms with E-state index in [1.54, 1.807) is 38.1 Å². The van der Waals surface area contributed by atoms with E-state index < -0.39 is 11.9 Å². The first-order valence-corrected chi connectivity index (χ1v) is 8.67. The molecule has 1 heterocycles. The number of nitrogens with two attached hydrogens (primary N) is 1. The molecular weight excluding hydrogens is 364 g/mol. The average molecular weight is 381 g/mol. The van der Waals surface area contributed by atoms with Gasteiger partial charge in [0.25, 0.3) is 5.91 Å². The standard InChI is InChI=1S/C17H17ClN2O4S/c1-3-24-17(23)13-9(2)14(15(19)22)25-16(13)20-12(21)8-10-4-6-11(18)7-5-10/h4-7H,3,8H2,1-2H3,(H2,19,22)(H,20,21). The number of halogens is 1. The highest BCUT2D eigenvalue weighted by Gasteiger charge is 2.25. The molecule has 2 amide bonds. The number of nitrogens with one attached hydrogen (secondary N) is 1. The number of ether oxygens (including phenoxy) is 1. The predicted octanol–water partition coefficient (Wildman–Crippen LogP) is 3.17. The second-order valence-electron chi connectivity index (χ2n) is 5.20. The molecule has 0 saturated heterocycles. The highest BCUT2D eigenvalue weighted by molar-refractivity contribution is 7.18. The molecule has 0 atom stereocenters. The summed E-state index contributed by atoms with van der Waals surface area (Å²) in [6.07, 6.45) is 0.0995. The third kappa shape index (κ3) is 4.58. The normalized spacial score (nSPS) is 10.4. The largest absolute Gasteiger partial charge is 0.462 e. The van der Waals surface area contributed by atoms with E-state index in [1.165, 1.54) is 0 Å². The number of thiophene rings is 1. The van der Waals surface area contributed by atoms with Crippen LogP contribution in [0.5, 0.6) is 0 Å². The first-order chi connectivity index (χ1) is 11.8. The first-order valence-electron chi connectivity index (χ1n) is 7.48. The first kappa shape index (κ1) is 19.0. The van der Waals surface area contributed by atoms with Gasteiger partial charge in [0, 0.05) is 5.02 Å². The third-order valence-corrected chi connectivity index (χ3v) is 4.85. The zero-order valence-electron chi connectivity index (χ0n) is 13.7. The van der Waals surface area contributed by atoms with Crippen LogP contribution in [0.1, 0.15) is 38.1 Å². The maximum absolute atomic E-state index is 12.3. The molecule has 0 spiro atoms. The molecule has 132 valence electrons. The number of carbonyl (C=O) groups excluding carboxylic acids is 3. The van der Waals surface area contributed by atoms with Gasteiger partial charge in [0.2, 0.25) is 5.91 Å². The third-order valence-electron chi connectivity index (χ3n) is 3.38. The predicted molar refractivity (Wildman–Crippen MR) is 97.3 cm³/mol. The Labute approximate surface area is 153 Å². The van der Waals surface area contributed by atoms with Gasteiger partial charge in [-0.05, 0) is 37.1 Å². The van der Waals surface area contributed by atoms with Gasteiger partial charge in [0.1, 0.15) is 5.00 Å². The summed E-state index contributed by atoms with van der Waals surface area (Å²) in [5.41, 5.74) is 6.66. The Morgan fingerprint density at radius 1 is 1.24 bits per heavy atom. The lowest BCUT2D eigenvalue weighted by Gasteiger charge is -2.07. The number of primary amides is 1. The van der Waals surface area contributed by atoms with Crippen molar-refractivity contribution >= 4 is 45.7 Å². The summed E-state index contributed by atoms with van der Waals surface area (Å²) in [4.78, 5) is 36.2. The fraction of sp³-hybridized carbons (Fsp3) is 0.235. The van der Waals surface area contributed by atoms with E-state index >= 15 is 0 Å². The van der Waals surface area contributed by atoms with Crippen molar-refractivity contribution in [2.45, 2.75) is 20.3 Å². The van der Waals surface area contributed by atoms with Crippen molar-refractivity contribution in [2.24, 2.45) is 5.73 Å². The molecule has 2 aromatic rings. The summed E-state index contributed by atoms with van der Waals surface area (Å²) < 4.78 is 5.01. The van der Waals surface area contributed by atoms with E-state index in [4.69, 9.17) is 22.1 Å². The zero-order chi connectivity index (χ0) is 18.6. The van der Waals surface area contributed by atoms with E-state index in [0.29, 0.717) is 10.6 Å². The Morgan fingerprint density at radius 3 is 2.44 bits per heavy atom. The Balaban J connectivity index is 2.26. The van der Waals surface area contributed by atoms with Crippen LogP contribution < -0.4 is 11.1 Å². The number of carbonyl (C=O) groups is 3. The van der Waals surface area contributed by atoms with Crippen molar-refractivity contribution in [3.8, 4) is 0 Å². The van der Waals surface area contributed by atoms with Gasteiger partial charge in [-0.15, -0.1) is 11.3 Å². The number of rotatable bonds is 6. The van der Waals surface area contributed by atoms with Crippen molar-refractivity contribution in [3.05, 3.63) is 50.9 Å². The van der Waals surface area contributed by atoms with Crippen LogP contribution >= 0.6 is 22.9 Å². The van der Waals surface area contributed by atoms with Crippen LogP contribution in [-0.2, 0) is 16.0 Å². The molecule has 6 nitrogen and oxygen atoms in total. The molecule has 8 heteroatoms. The maximum Gasteiger partial charge on any atom is 0.341 e. The number of amides is 2. The summed E-state index contributed by atoms with van der Waals surface area (Å²) >= 11 is 6.78. The molecule has 0 bridgehead atoms. The minimum absolute atomic E-state index is 0.0995. The highest BCUT2D eigenvalue weighted by atomic mass is 35.5. The van der Waals surface area contributed by atoms with Crippen LogP contribution in [-0.4, -0.2) is 24.4 Å². The molecule has 0 fully saturated rings. The number of hydrogen-bond acceptors (Lipinski definition) is 5. The van der Waals surface area contributed by atoms with Crippen LogP contribution in [0, 0.1) is 6.92 Å². The number of hydrogen-bond donors (Lipinski definition) is 2. The van der Waals surface area contributed by atoms with Crippen LogP contribution in [0.15, 0.2) is 24.3 Å². The quantitative estimate of drug-likeness (QED) is 0.752. The summed E-state index contributed by atoms with van der Waals surface area (Å²) in [7, 11) is 0. The smallest absolute Gasteiger partial charge is 0.341 e. The topological polar surface area (TPSA) is 98.5 Å². The van der Waals surface area contributed by atoms with E-state index in [9.17, 15) is 14.4 Å². The maximum atomic E-state index is 12.3. The molecule has 2 rings (SSSR count). The van der Waals surface area contributed by atoms with E-state index in [0.717, 1.165) is 16.9 Å². The summed E-state index contributed by atoms with van der Waals surface area (Å²) in [5.74, 6) is -1.60. The number of esters is 1. The average Bonchev–Trinajstić information content (AvgIpc) is 2.86. The van der Waals surface area contributed by atoms with Gasteiger partial charge in [-0.2, -0.15) is 0 Å². The van der Waals surface area contributed by atoms with Gasteiger partial charge in [-0.25, -0.2) is 4.79 Å². The zero-order valence-corrected chi connectivity index (χ0v) is 15.3. The van der Waals surface area contributed by atoms with Gasteiger partial charge < -0.3 is 15.8 Å². The fourth-order valence-corrected chi connectivity index (χ4v) is 3.43. The van der Waals surface area contributed by atoms with Gasteiger partial charge in [0.15, 0.2) is 0 Å². The minimum Gasteiger partial charge on any atom is -0.462 e. The molecule has 3 N–H and O–H groups in total. The van der Waals surface area contributed by atoms with Crippen molar-refractivity contribution in [2.75, 3.05) is 11.9 Å². The lowest BCUT2D eigenvalue weighted by molar-refractivity contribution is -0.115. The molecule has 25 heavy (non-hydrogen) atoms. The Morgan fingerprint density at radius 2 is 1.88 bits per heavy atom. The molecule has 0 aliphatic rings.